The molecule has 46 heavy (non-hydrogen) atoms. The van der Waals surface area contributed by atoms with Crippen LogP contribution in [0.1, 0.15) is 38.8 Å². The van der Waals surface area contributed by atoms with Crippen molar-refractivity contribution in [2.24, 2.45) is 5.92 Å². The molecule has 2 atom stereocenters. The van der Waals surface area contributed by atoms with Crippen molar-refractivity contribution in [1.29, 1.82) is 5.26 Å². The Labute approximate surface area is 273 Å². The summed E-state index contributed by atoms with van der Waals surface area (Å²) in [6, 6.07) is 6.01. The number of nitrogens with one attached hydrogen (secondary N) is 2. The highest BCUT2D eigenvalue weighted by Gasteiger charge is 2.65. The van der Waals surface area contributed by atoms with E-state index >= 15 is 0 Å². The molecule has 5 aliphatic rings. The van der Waals surface area contributed by atoms with Crippen LogP contribution in [0.5, 0.6) is 0 Å². The van der Waals surface area contributed by atoms with Gasteiger partial charge in [-0.2, -0.15) is 30.2 Å². The second-order valence-electron chi connectivity index (χ2n) is 13.2. The first-order valence-corrected chi connectivity index (χ1v) is 17.1. The number of pyridine rings is 1. The number of rotatable bonds is 8. The summed E-state index contributed by atoms with van der Waals surface area (Å²) in [6.07, 6.45) is 5.53. The van der Waals surface area contributed by atoms with Crippen LogP contribution in [0.25, 0.3) is 0 Å². The lowest BCUT2D eigenvalue weighted by Gasteiger charge is -2.36. The van der Waals surface area contributed by atoms with Gasteiger partial charge in [-0.1, -0.05) is 12.0 Å². The summed E-state index contributed by atoms with van der Waals surface area (Å²) in [6.45, 7) is 6.48. The van der Waals surface area contributed by atoms with E-state index < -0.39 is 23.7 Å². The normalized spacial score (nSPS) is 24.8. The van der Waals surface area contributed by atoms with E-state index in [-0.39, 0.29) is 24.4 Å². The SMILES string of the molecule is CC(C)(C#N)c1ccc(NCC#CC2=CC3=C(NC4CCN(CC(=O)N5CCSCC5)CC4)C=CC4CC34N2CC(F)(F)F)cn1. The van der Waals surface area contributed by atoms with Crippen LogP contribution in [0.2, 0.25) is 0 Å². The average Bonchev–Trinajstić information content (AvgIpc) is 3.72. The third kappa shape index (κ3) is 6.89. The van der Waals surface area contributed by atoms with Crippen molar-refractivity contribution >= 4 is 23.4 Å². The number of halogens is 3. The summed E-state index contributed by atoms with van der Waals surface area (Å²) in [4.78, 5) is 22.7. The predicted molar refractivity (Wildman–Crippen MR) is 173 cm³/mol. The molecule has 2 aliphatic carbocycles. The molecular weight excluding hydrogens is 611 g/mol. The Bertz CT molecular complexity index is 1520. The molecule has 3 aliphatic heterocycles. The number of nitriles is 1. The largest absolute Gasteiger partial charge is 0.405 e. The molecular formula is C34H40F3N7OS. The number of nitrogens with zero attached hydrogens (tertiary/aromatic N) is 5. The van der Waals surface area contributed by atoms with Gasteiger partial charge in [-0.15, -0.1) is 0 Å². The van der Waals surface area contributed by atoms with E-state index in [1.54, 1.807) is 26.1 Å². The van der Waals surface area contributed by atoms with E-state index in [0.29, 0.717) is 30.0 Å². The van der Waals surface area contributed by atoms with Crippen LogP contribution in [-0.4, -0.2) is 101 Å². The van der Waals surface area contributed by atoms with Gasteiger partial charge in [-0.05, 0) is 63.3 Å². The third-order valence-corrected chi connectivity index (χ3v) is 10.5. The van der Waals surface area contributed by atoms with Gasteiger partial charge < -0.3 is 20.4 Å². The summed E-state index contributed by atoms with van der Waals surface area (Å²) in [5.41, 5.74) is 2.11. The summed E-state index contributed by atoms with van der Waals surface area (Å²) in [5.74, 6) is 8.27. The third-order valence-electron chi connectivity index (χ3n) is 9.58. The number of allylic oxidation sites excluding steroid dienone is 2. The lowest BCUT2D eigenvalue weighted by Crippen LogP contribution is -2.48. The highest BCUT2D eigenvalue weighted by molar-refractivity contribution is 7.99. The van der Waals surface area contributed by atoms with Gasteiger partial charge in [0.2, 0.25) is 5.91 Å². The zero-order valence-electron chi connectivity index (χ0n) is 26.3. The van der Waals surface area contributed by atoms with E-state index in [1.807, 2.05) is 41.0 Å². The summed E-state index contributed by atoms with van der Waals surface area (Å²) < 4.78 is 41.6. The molecule has 3 fully saturated rings. The summed E-state index contributed by atoms with van der Waals surface area (Å²) >= 11 is 1.89. The van der Waals surface area contributed by atoms with Crippen LogP contribution in [-0.2, 0) is 10.2 Å². The van der Waals surface area contributed by atoms with E-state index in [2.05, 4.69) is 38.4 Å². The molecule has 244 valence electrons. The number of hydrogen-bond donors (Lipinski definition) is 2. The molecule has 6 rings (SSSR count). The summed E-state index contributed by atoms with van der Waals surface area (Å²) in [5, 5.41) is 16.1. The molecule has 1 saturated carbocycles. The fraction of sp³-hybridized carbons (Fsp3) is 0.559. The van der Waals surface area contributed by atoms with Crippen molar-refractivity contribution in [3.63, 3.8) is 0 Å². The van der Waals surface area contributed by atoms with Crippen molar-refractivity contribution in [2.75, 3.05) is 62.6 Å². The molecule has 1 amide bonds. The lowest BCUT2D eigenvalue weighted by molar-refractivity contribution is -0.145. The molecule has 12 heteroatoms. The van der Waals surface area contributed by atoms with Gasteiger partial charge in [0, 0.05) is 60.9 Å². The maximum atomic E-state index is 13.9. The fourth-order valence-electron chi connectivity index (χ4n) is 6.84. The number of carbonyl (C=O) groups is 1. The number of alkyl halides is 3. The number of anilines is 1. The molecule has 8 nitrogen and oxygen atoms in total. The maximum Gasteiger partial charge on any atom is 0.405 e. The van der Waals surface area contributed by atoms with Crippen LogP contribution < -0.4 is 10.6 Å². The van der Waals surface area contributed by atoms with Gasteiger partial charge >= 0.3 is 6.18 Å². The molecule has 1 aromatic heterocycles. The van der Waals surface area contributed by atoms with E-state index in [9.17, 15) is 23.2 Å². The Morgan fingerprint density at radius 2 is 1.93 bits per heavy atom. The van der Waals surface area contributed by atoms with Crippen LogP contribution in [0.3, 0.4) is 0 Å². The molecule has 0 bridgehead atoms. The standard InChI is InChI=1S/C34H40F3N7OS/c1-32(2,22-38)30-8-6-26(20-40-30)39-11-3-4-27-18-28-29(7-5-24-19-33(24,28)44(27)23-34(35,36)37)41-25-9-12-42(13-10-25)21-31(45)43-14-16-46-17-15-43/h5-8,18,20,24-25,39,41H,9-17,19,21,23H2,1-2H3. The maximum absolute atomic E-state index is 13.9. The highest BCUT2D eigenvalue weighted by atomic mass is 32.2. The smallest absolute Gasteiger partial charge is 0.382 e. The van der Waals surface area contributed by atoms with Crippen molar-refractivity contribution in [1.82, 2.24) is 25.0 Å². The predicted octanol–water partition coefficient (Wildman–Crippen LogP) is 4.27. The van der Waals surface area contributed by atoms with Crippen LogP contribution in [0, 0.1) is 29.1 Å². The first kappa shape index (κ1) is 32.3. The first-order valence-electron chi connectivity index (χ1n) is 15.9. The molecule has 1 aromatic rings. The minimum atomic E-state index is -4.37. The number of hydrogen-bond acceptors (Lipinski definition) is 8. The van der Waals surface area contributed by atoms with Crippen molar-refractivity contribution in [2.45, 2.75) is 56.3 Å². The zero-order valence-corrected chi connectivity index (χ0v) is 27.1. The Balaban J connectivity index is 1.12. The fourth-order valence-corrected chi connectivity index (χ4v) is 7.74. The number of aromatic nitrogens is 1. The molecule has 2 unspecified atom stereocenters. The molecule has 0 radical (unpaired) electrons. The molecule has 2 saturated heterocycles. The number of likely N-dealkylation sites (tertiary alicyclic amines) is 1. The Morgan fingerprint density at radius 1 is 1.17 bits per heavy atom. The minimum absolute atomic E-state index is 0.0207. The minimum Gasteiger partial charge on any atom is -0.382 e. The Hall–Kier alpha value is -3.61. The molecule has 4 heterocycles. The van der Waals surface area contributed by atoms with Gasteiger partial charge in [0.15, 0.2) is 0 Å². The molecule has 0 aromatic carbocycles. The van der Waals surface area contributed by atoms with Crippen LogP contribution in [0.4, 0.5) is 18.9 Å². The lowest BCUT2D eigenvalue weighted by atomic mass is 9.91. The number of carbonyl (C=O) groups excluding carboxylic acids is 1. The van der Waals surface area contributed by atoms with Crippen molar-refractivity contribution < 1.29 is 18.0 Å². The topological polar surface area (TPSA) is 87.5 Å². The van der Waals surface area contributed by atoms with Gasteiger partial charge in [0.25, 0.3) is 0 Å². The van der Waals surface area contributed by atoms with E-state index in [1.165, 1.54) is 4.90 Å². The zero-order chi connectivity index (χ0) is 32.5. The Morgan fingerprint density at radius 3 is 2.61 bits per heavy atom. The first-order chi connectivity index (χ1) is 22.0. The average molecular weight is 652 g/mol. The van der Waals surface area contributed by atoms with E-state index in [0.717, 1.165) is 61.8 Å². The molecule has 1 spiro atoms. The van der Waals surface area contributed by atoms with Crippen LogP contribution in [0.15, 0.2) is 53.5 Å². The van der Waals surface area contributed by atoms with Crippen molar-refractivity contribution in [3.8, 4) is 17.9 Å². The highest BCUT2D eigenvalue weighted by Crippen LogP contribution is 2.62. The monoisotopic (exact) mass is 651 g/mol. The van der Waals surface area contributed by atoms with E-state index in [4.69, 9.17) is 0 Å². The Kier molecular flexibility index (Phi) is 9.06. The number of amides is 1. The second kappa shape index (κ2) is 12.9. The molecule has 2 N–H and O–H groups in total. The van der Waals surface area contributed by atoms with Crippen LogP contribution >= 0.6 is 11.8 Å². The van der Waals surface area contributed by atoms with Crippen molar-refractivity contribution in [3.05, 3.63) is 59.2 Å². The second-order valence-corrected chi connectivity index (χ2v) is 14.4. The van der Waals surface area contributed by atoms with Gasteiger partial charge in [-0.25, -0.2) is 0 Å². The quantitative estimate of drug-likeness (QED) is 0.404. The van der Waals surface area contributed by atoms with Gasteiger partial charge in [-0.3, -0.25) is 14.7 Å². The van der Waals surface area contributed by atoms with Gasteiger partial charge in [0.05, 0.1) is 53.4 Å². The summed E-state index contributed by atoms with van der Waals surface area (Å²) in [7, 11) is 0. The van der Waals surface area contributed by atoms with Gasteiger partial charge in [0.1, 0.15) is 6.54 Å². The number of thioether (sulfide) groups is 1. The number of piperidine rings is 1.